The standard InChI is InChI=1S/C17H17Cl2F2N5O2.HI/c1-22-17(25-9-14(27)26-12-3-2-4-23-8-12)24-7-10-5-11(18)6-13(19)15(10)28-16(20)21;/h2-6,8,16H,7,9H2,1H3,(H,26,27)(H2,22,24,25);1H. The van der Waals surface area contributed by atoms with E-state index in [-0.39, 0.29) is 64.7 Å². The molecule has 2 aromatic rings. The van der Waals surface area contributed by atoms with E-state index in [9.17, 15) is 13.6 Å². The maximum Gasteiger partial charge on any atom is 0.387 e. The van der Waals surface area contributed by atoms with Gasteiger partial charge in [0.25, 0.3) is 0 Å². The van der Waals surface area contributed by atoms with Gasteiger partial charge in [0.15, 0.2) is 5.96 Å². The maximum atomic E-state index is 12.6. The van der Waals surface area contributed by atoms with Crippen LogP contribution in [0.25, 0.3) is 0 Å². The zero-order valence-corrected chi connectivity index (χ0v) is 18.9. The lowest BCUT2D eigenvalue weighted by atomic mass is 10.2. The number of hydrogen-bond donors (Lipinski definition) is 3. The fourth-order valence-electron chi connectivity index (χ4n) is 2.17. The van der Waals surface area contributed by atoms with Crippen LogP contribution < -0.4 is 20.7 Å². The molecule has 1 heterocycles. The van der Waals surface area contributed by atoms with E-state index in [4.69, 9.17) is 23.2 Å². The number of carbonyl (C=O) groups is 1. The molecule has 0 aliphatic carbocycles. The molecule has 0 saturated heterocycles. The highest BCUT2D eigenvalue weighted by atomic mass is 127. The molecule has 0 unspecified atom stereocenters. The van der Waals surface area contributed by atoms with Crippen LogP contribution in [0, 0.1) is 0 Å². The van der Waals surface area contributed by atoms with Crippen LogP contribution >= 0.6 is 47.2 Å². The summed E-state index contributed by atoms with van der Waals surface area (Å²) in [5.74, 6) is -0.234. The zero-order chi connectivity index (χ0) is 20.5. The van der Waals surface area contributed by atoms with Crippen LogP contribution in [-0.4, -0.2) is 37.1 Å². The fourth-order valence-corrected chi connectivity index (χ4v) is 2.75. The quantitative estimate of drug-likeness (QED) is 0.272. The van der Waals surface area contributed by atoms with Crippen molar-refractivity contribution in [2.75, 3.05) is 18.9 Å². The Morgan fingerprint density at radius 3 is 2.69 bits per heavy atom. The van der Waals surface area contributed by atoms with Crippen LogP contribution in [0.5, 0.6) is 5.75 Å². The van der Waals surface area contributed by atoms with Crippen LogP contribution in [0.2, 0.25) is 10.0 Å². The van der Waals surface area contributed by atoms with Crippen LogP contribution in [0.15, 0.2) is 41.7 Å². The summed E-state index contributed by atoms with van der Waals surface area (Å²) in [5, 5.41) is 8.56. The molecule has 0 radical (unpaired) electrons. The molecule has 0 bridgehead atoms. The summed E-state index contributed by atoms with van der Waals surface area (Å²) in [7, 11) is 1.50. The molecule has 0 atom stereocenters. The second-order valence-electron chi connectivity index (χ2n) is 5.32. The van der Waals surface area contributed by atoms with Crippen molar-refractivity contribution in [3.63, 3.8) is 0 Å². The maximum absolute atomic E-state index is 12.6. The summed E-state index contributed by atoms with van der Waals surface area (Å²) >= 11 is 11.9. The van der Waals surface area contributed by atoms with Crippen molar-refractivity contribution in [3.05, 3.63) is 52.3 Å². The third kappa shape index (κ3) is 8.54. The first kappa shape index (κ1) is 25.1. The third-order valence-electron chi connectivity index (χ3n) is 3.32. The molecule has 0 aliphatic rings. The first-order valence-corrected chi connectivity index (χ1v) is 8.71. The van der Waals surface area contributed by atoms with Gasteiger partial charge in [0.2, 0.25) is 5.91 Å². The zero-order valence-electron chi connectivity index (χ0n) is 15.1. The summed E-state index contributed by atoms with van der Waals surface area (Å²) < 4.78 is 29.7. The van der Waals surface area contributed by atoms with E-state index >= 15 is 0 Å². The molecule has 1 aromatic heterocycles. The van der Waals surface area contributed by atoms with Crippen molar-refractivity contribution in [2.45, 2.75) is 13.2 Å². The Morgan fingerprint density at radius 2 is 2.07 bits per heavy atom. The highest BCUT2D eigenvalue weighted by Crippen LogP contribution is 2.33. The van der Waals surface area contributed by atoms with Crippen molar-refractivity contribution < 1.29 is 18.3 Å². The Hall–Kier alpha value is -1.92. The molecule has 3 N–H and O–H groups in total. The van der Waals surface area contributed by atoms with Crippen molar-refractivity contribution in [1.29, 1.82) is 0 Å². The average Bonchev–Trinajstić information content (AvgIpc) is 2.65. The van der Waals surface area contributed by atoms with Gasteiger partial charge < -0.3 is 20.7 Å². The van der Waals surface area contributed by atoms with Crippen LogP contribution in [-0.2, 0) is 11.3 Å². The average molecular weight is 560 g/mol. The van der Waals surface area contributed by atoms with Crippen molar-refractivity contribution in [1.82, 2.24) is 15.6 Å². The van der Waals surface area contributed by atoms with E-state index in [1.807, 2.05) is 0 Å². The van der Waals surface area contributed by atoms with E-state index in [2.05, 4.69) is 30.7 Å². The van der Waals surface area contributed by atoms with Gasteiger partial charge in [-0.1, -0.05) is 23.2 Å². The Bertz CT molecular complexity index is 844. The molecule has 158 valence electrons. The minimum absolute atomic E-state index is 0. The number of ether oxygens (including phenoxy) is 1. The Morgan fingerprint density at radius 1 is 1.31 bits per heavy atom. The highest BCUT2D eigenvalue weighted by Gasteiger charge is 2.15. The van der Waals surface area contributed by atoms with Gasteiger partial charge in [-0.15, -0.1) is 24.0 Å². The molecule has 7 nitrogen and oxygen atoms in total. The molecular formula is C17H18Cl2F2IN5O2. The summed E-state index contributed by atoms with van der Waals surface area (Å²) in [4.78, 5) is 19.8. The van der Waals surface area contributed by atoms with Crippen LogP contribution in [0.4, 0.5) is 14.5 Å². The summed E-state index contributed by atoms with van der Waals surface area (Å²) in [6.07, 6.45) is 3.10. The topological polar surface area (TPSA) is 87.6 Å². The summed E-state index contributed by atoms with van der Waals surface area (Å²) in [5.41, 5.74) is 0.861. The Balaban J connectivity index is 0.00000420. The highest BCUT2D eigenvalue weighted by molar-refractivity contribution is 14.0. The number of hydrogen-bond acceptors (Lipinski definition) is 4. The molecule has 0 spiro atoms. The molecule has 12 heteroatoms. The second-order valence-corrected chi connectivity index (χ2v) is 6.17. The summed E-state index contributed by atoms with van der Waals surface area (Å²) in [6, 6.07) is 6.14. The number of aliphatic imine (C=N–C) groups is 1. The van der Waals surface area contributed by atoms with Crippen LogP contribution in [0.1, 0.15) is 5.56 Å². The number of pyridine rings is 1. The van der Waals surface area contributed by atoms with Gasteiger partial charge in [-0.25, -0.2) is 0 Å². The first-order chi connectivity index (χ1) is 13.4. The van der Waals surface area contributed by atoms with Gasteiger partial charge in [0.1, 0.15) is 5.75 Å². The largest absolute Gasteiger partial charge is 0.433 e. The number of halogens is 5. The monoisotopic (exact) mass is 559 g/mol. The van der Waals surface area contributed by atoms with Crippen molar-refractivity contribution in [3.8, 4) is 5.75 Å². The summed E-state index contributed by atoms with van der Waals surface area (Å²) in [6.45, 7) is -3.08. The lowest BCUT2D eigenvalue weighted by molar-refractivity contribution is -0.115. The molecule has 0 saturated carbocycles. The molecule has 1 aromatic carbocycles. The number of rotatable bonds is 7. The predicted molar refractivity (Wildman–Crippen MR) is 120 cm³/mol. The Kier molecular flexibility index (Phi) is 10.9. The van der Waals surface area contributed by atoms with Gasteiger partial charge in [-0.05, 0) is 24.3 Å². The minimum Gasteiger partial charge on any atom is -0.433 e. The van der Waals surface area contributed by atoms with E-state index in [1.165, 1.54) is 25.4 Å². The number of carbonyl (C=O) groups excluding carboxylic acids is 1. The van der Waals surface area contributed by atoms with Gasteiger partial charge in [0.05, 0.1) is 23.5 Å². The first-order valence-electron chi connectivity index (χ1n) is 7.96. The second kappa shape index (κ2) is 12.6. The van der Waals surface area contributed by atoms with Gasteiger partial charge in [-0.2, -0.15) is 8.78 Å². The van der Waals surface area contributed by atoms with Gasteiger partial charge in [-0.3, -0.25) is 14.8 Å². The Labute approximate surface area is 193 Å². The van der Waals surface area contributed by atoms with Crippen molar-refractivity contribution in [2.24, 2.45) is 4.99 Å². The van der Waals surface area contributed by atoms with E-state index in [0.29, 0.717) is 11.3 Å². The predicted octanol–water partition coefficient (Wildman–Crippen LogP) is 3.91. The fraction of sp³-hybridized carbons (Fsp3) is 0.235. The number of amides is 1. The minimum atomic E-state index is -3.04. The number of nitrogens with one attached hydrogen (secondary N) is 3. The molecular weight excluding hydrogens is 542 g/mol. The van der Waals surface area contributed by atoms with E-state index in [0.717, 1.165) is 0 Å². The SMILES string of the molecule is CN=C(NCC(=O)Nc1cccnc1)NCc1cc(Cl)cc(Cl)c1OC(F)F.I. The number of anilines is 1. The van der Waals surface area contributed by atoms with Crippen LogP contribution in [0.3, 0.4) is 0 Å². The normalized spacial score (nSPS) is 10.9. The van der Waals surface area contributed by atoms with E-state index in [1.54, 1.807) is 18.3 Å². The molecule has 0 fully saturated rings. The molecule has 29 heavy (non-hydrogen) atoms. The lowest BCUT2D eigenvalue weighted by Gasteiger charge is -2.16. The van der Waals surface area contributed by atoms with E-state index < -0.39 is 6.61 Å². The number of aromatic nitrogens is 1. The van der Waals surface area contributed by atoms with Gasteiger partial charge in [0, 0.05) is 30.4 Å². The number of guanidine groups is 1. The number of benzene rings is 1. The lowest BCUT2D eigenvalue weighted by Crippen LogP contribution is -2.41. The number of alkyl halides is 2. The van der Waals surface area contributed by atoms with Crippen molar-refractivity contribution >= 4 is 64.7 Å². The molecule has 0 aliphatic heterocycles. The van der Waals surface area contributed by atoms with Gasteiger partial charge >= 0.3 is 6.61 Å². The third-order valence-corrected chi connectivity index (χ3v) is 3.82. The molecule has 2 rings (SSSR count). The number of nitrogens with zero attached hydrogens (tertiary/aromatic N) is 2. The molecule has 1 amide bonds. The smallest absolute Gasteiger partial charge is 0.387 e.